The van der Waals surface area contributed by atoms with Crippen LogP contribution in [0.15, 0.2) is 12.2 Å². The smallest absolute Gasteiger partial charge is 0.329 e. The van der Waals surface area contributed by atoms with Crippen molar-refractivity contribution < 1.29 is 33.4 Å². The maximum atomic E-state index is 12.4. The average molecular weight is 410 g/mol. The molecule has 9 nitrogen and oxygen atoms in total. The number of nitrogens with one attached hydrogen (secondary N) is 1. The van der Waals surface area contributed by atoms with Gasteiger partial charge in [-0.15, -0.1) is 0 Å². The lowest BCUT2D eigenvalue weighted by Crippen LogP contribution is -2.45. The van der Waals surface area contributed by atoms with E-state index in [1.165, 1.54) is 0 Å². The summed E-state index contributed by atoms with van der Waals surface area (Å²) in [7, 11) is 0. The van der Waals surface area contributed by atoms with E-state index in [0.717, 1.165) is 17.1 Å². The molecule has 162 valence electrons. The zero-order chi connectivity index (χ0) is 22.4. The Morgan fingerprint density at radius 2 is 1.45 bits per heavy atom. The van der Waals surface area contributed by atoms with E-state index < -0.39 is 46.9 Å². The van der Waals surface area contributed by atoms with Crippen LogP contribution in [0.1, 0.15) is 60.8 Å². The van der Waals surface area contributed by atoms with Gasteiger partial charge in [-0.1, -0.05) is 0 Å². The number of esters is 2. The Labute approximate surface area is 170 Å². The first-order valence-electron chi connectivity index (χ1n) is 9.45. The molecule has 0 saturated carbocycles. The van der Waals surface area contributed by atoms with Crippen molar-refractivity contribution in [2.75, 3.05) is 6.54 Å². The summed E-state index contributed by atoms with van der Waals surface area (Å²) in [6.45, 7) is 10.2. The molecule has 1 N–H and O–H groups in total. The normalized spacial score (nSPS) is 15.3. The Balaban J connectivity index is 2.68. The van der Waals surface area contributed by atoms with Gasteiger partial charge in [-0.25, -0.2) is 4.79 Å². The molecular weight excluding hydrogens is 380 g/mol. The Morgan fingerprint density at radius 1 is 0.931 bits per heavy atom. The molecule has 0 aromatic carbocycles. The third kappa shape index (κ3) is 9.36. The summed E-state index contributed by atoms with van der Waals surface area (Å²) in [5.74, 6) is -2.70. The van der Waals surface area contributed by atoms with Crippen LogP contribution in [0.25, 0.3) is 0 Å². The Bertz CT molecular complexity index is 681. The van der Waals surface area contributed by atoms with Gasteiger partial charge in [0.1, 0.15) is 17.2 Å². The summed E-state index contributed by atoms with van der Waals surface area (Å²) >= 11 is 0. The van der Waals surface area contributed by atoms with Crippen molar-refractivity contribution in [1.82, 2.24) is 10.2 Å². The lowest BCUT2D eigenvalue weighted by Gasteiger charge is -2.25. The van der Waals surface area contributed by atoms with Crippen molar-refractivity contribution >= 4 is 29.7 Å². The second-order valence-corrected chi connectivity index (χ2v) is 8.69. The predicted octanol–water partition coefficient (Wildman–Crippen LogP) is 1.25. The second kappa shape index (κ2) is 9.67. The van der Waals surface area contributed by atoms with Gasteiger partial charge in [0.2, 0.25) is 5.91 Å². The fourth-order valence-electron chi connectivity index (χ4n) is 2.41. The van der Waals surface area contributed by atoms with Gasteiger partial charge in [-0.2, -0.15) is 0 Å². The number of imide groups is 1. The minimum Gasteiger partial charge on any atom is -0.460 e. The topological polar surface area (TPSA) is 119 Å². The summed E-state index contributed by atoms with van der Waals surface area (Å²) in [6, 6.07) is -1.06. The number of amides is 3. The highest BCUT2D eigenvalue weighted by atomic mass is 16.6. The molecular formula is C20H30N2O7. The van der Waals surface area contributed by atoms with Crippen molar-refractivity contribution in [3.8, 4) is 0 Å². The van der Waals surface area contributed by atoms with E-state index in [2.05, 4.69) is 5.32 Å². The monoisotopic (exact) mass is 410 g/mol. The summed E-state index contributed by atoms with van der Waals surface area (Å²) in [6.07, 6.45) is 1.99. The van der Waals surface area contributed by atoms with Crippen molar-refractivity contribution in [3.63, 3.8) is 0 Å². The SMILES string of the molecule is CC(C)(C)OC(=O)CC[C@H](NC(=O)CCN1C(=O)C=CC1=O)C(=O)OC(C)(C)C. The molecule has 0 aromatic rings. The third-order valence-electron chi connectivity index (χ3n) is 3.55. The van der Waals surface area contributed by atoms with Gasteiger partial charge in [-0.3, -0.25) is 24.1 Å². The minimum absolute atomic E-state index is 0.00129. The molecule has 0 spiro atoms. The lowest BCUT2D eigenvalue weighted by atomic mass is 10.1. The van der Waals surface area contributed by atoms with Crippen molar-refractivity contribution in [3.05, 3.63) is 12.2 Å². The molecule has 0 bridgehead atoms. The first-order valence-corrected chi connectivity index (χ1v) is 9.45. The molecule has 0 aliphatic carbocycles. The first kappa shape index (κ1) is 24.3. The Kier molecular flexibility index (Phi) is 8.11. The van der Waals surface area contributed by atoms with Gasteiger partial charge in [0, 0.05) is 31.5 Å². The maximum absolute atomic E-state index is 12.4. The quantitative estimate of drug-likeness (QED) is 0.472. The van der Waals surface area contributed by atoms with Crippen LogP contribution >= 0.6 is 0 Å². The van der Waals surface area contributed by atoms with E-state index in [0.29, 0.717) is 0 Å². The molecule has 29 heavy (non-hydrogen) atoms. The van der Waals surface area contributed by atoms with Gasteiger partial charge in [0.15, 0.2) is 0 Å². The second-order valence-electron chi connectivity index (χ2n) is 8.69. The van der Waals surface area contributed by atoms with Crippen LogP contribution in [-0.2, 0) is 33.4 Å². The lowest BCUT2D eigenvalue weighted by molar-refractivity contribution is -0.160. The van der Waals surface area contributed by atoms with Crippen LogP contribution in [-0.4, -0.2) is 58.3 Å². The van der Waals surface area contributed by atoms with E-state index in [9.17, 15) is 24.0 Å². The fourth-order valence-corrected chi connectivity index (χ4v) is 2.41. The van der Waals surface area contributed by atoms with Gasteiger partial charge in [0.05, 0.1) is 0 Å². The molecule has 1 atom stereocenters. The molecule has 1 aliphatic rings. The summed E-state index contributed by atoms with van der Waals surface area (Å²) in [5, 5.41) is 2.52. The van der Waals surface area contributed by atoms with Crippen molar-refractivity contribution in [1.29, 1.82) is 0 Å². The summed E-state index contributed by atoms with van der Waals surface area (Å²) < 4.78 is 10.5. The van der Waals surface area contributed by atoms with Crippen LogP contribution in [0, 0.1) is 0 Å². The van der Waals surface area contributed by atoms with E-state index in [1.54, 1.807) is 41.5 Å². The summed E-state index contributed by atoms with van der Waals surface area (Å²) in [5.41, 5.74) is -1.43. The number of ether oxygens (including phenoxy) is 2. The highest BCUT2D eigenvalue weighted by Crippen LogP contribution is 2.14. The highest BCUT2D eigenvalue weighted by Gasteiger charge is 2.29. The van der Waals surface area contributed by atoms with Gasteiger partial charge < -0.3 is 14.8 Å². The molecule has 1 aliphatic heterocycles. The first-order chi connectivity index (χ1) is 13.2. The number of hydrogen-bond acceptors (Lipinski definition) is 7. The zero-order valence-electron chi connectivity index (χ0n) is 17.9. The number of rotatable bonds is 8. The van der Waals surface area contributed by atoms with E-state index in [1.807, 2.05) is 0 Å². The maximum Gasteiger partial charge on any atom is 0.329 e. The zero-order valence-corrected chi connectivity index (χ0v) is 17.9. The molecule has 1 rings (SSSR count). The van der Waals surface area contributed by atoms with Gasteiger partial charge in [-0.05, 0) is 48.0 Å². The summed E-state index contributed by atoms with van der Waals surface area (Å²) in [4.78, 5) is 60.7. The molecule has 0 radical (unpaired) electrons. The van der Waals surface area contributed by atoms with E-state index >= 15 is 0 Å². The minimum atomic E-state index is -1.06. The number of carbonyl (C=O) groups is 5. The number of nitrogens with zero attached hydrogens (tertiary/aromatic N) is 1. The molecule has 0 aromatic heterocycles. The Hall–Kier alpha value is -2.71. The average Bonchev–Trinajstić information content (AvgIpc) is 2.84. The molecule has 3 amide bonds. The van der Waals surface area contributed by atoms with Gasteiger partial charge in [0.25, 0.3) is 11.8 Å². The van der Waals surface area contributed by atoms with Crippen LogP contribution in [0.4, 0.5) is 0 Å². The van der Waals surface area contributed by atoms with Gasteiger partial charge >= 0.3 is 11.9 Å². The highest BCUT2D eigenvalue weighted by molar-refractivity contribution is 6.13. The molecule has 0 saturated heterocycles. The molecule has 9 heteroatoms. The standard InChI is InChI=1S/C20H30N2O7/c1-19(2,3)28-17(26)10-7-13(18(27)29-20(4,5)6)21-14(23)11-12-22-15(24)8-9-16(22)25/h8-9,13H,7,10-12H2,1-6H3,(H,21,23)/t13-/m0/s1. The molecule has 0 unspecified atom stereocenters. The fraction of sp³-hybridized carbons (Fsp3) is 0.650. The Morgan fingerprint density at radius 3 is 1.93 bits per heavy atom. The number of carbonyl (C=O) groups excluding carboxylic acids is 5. The van der Waals surface area contributed by atoms with Crippen LogP contribution in [0.2, 0.25) is 0 Å². The third-order valence-corrected chi connectivity index (χ3v) is 3.55. The number of hydrogen-bond donors (Lipinski definition) is 1. The largest absolute Gasteiger partial charge is 0.460 e. The van der Waals surface area contributed by atoms with Crippen molar-refractivity contribution in [2.45, 2.75) is 78.0 Å². The van der Waals surface area contributed by atoms with Crippen LogP contribution < -0.4 is 5.32 Å². The van der Waals surface area contributed by atoms with E-state index in [4.69, 9.17) is 9.47 Å². The van der Waals surface area contributed by atoms with E-state index in [-0.39, 0.29) is 25.8 Å². The molecule has 0 fully saturated rings. The van der Waals surface area contributed by atoms with Crippen LogP contribution in [0.5, 0.6) is 0 Å². The molecule has 1 heterocycles. The van der Waals surface area contributed by atoms with Crippen LogP contribution in [0.3, 0.4) is 0 Å². The van der Waals surface area contributed by atoms with Crippen molar-refractivity contribution in [2.24, 2.45) is 0 Å². The predicted molar refractivity (Wildman–Crippen MR) is 103 cm³/mol.